The van der Waals surface area contributed by atoms with E-state index in [-0.39, 0.29) is 5.60 Å². The molecule has 0 spiro atoms. The third-order valence-corrected chi connectivity index (χ3v) is 2.76. The van der Waals surface area contributed by atoms with E-state index in [0.717, 1.165) is 25.3 Å². The molecule has 1 aliphatic rings. The molecule has 0 amide bonds. The van der Waals surface area contributed by atoms with Crippen molar-refractivity contribution in [1.29, 1.82) is 0 Å². The molecule has 1 atom stereocenters. The van der Waals surface area contributed by atoms with E-state index in [4.69, 9.17) is 10.5 Å². The number of tetrazole rings is 1. The maximum Gasteiger partial charge on any atom is 0.165 e. The molecule has 2 heterocycles. The number of nitrogens with two attached hydrogens (primary N) is 1. The lowest BCUT2D eigenvalue weighted by atomic mass is 9.94. The maximum absolute atomic E-state index is 5.65. The van der Waals surface area contributed by atoms with Gasteiger partial charge in [-0.3, -0.25) is 0 Å². The smallest absolute Gasteiger partial charge is 0.165 e. The molecular formula is C9H17N5O. The lowest BCUT2D eigenvalue weighted by molar-refractivity contribution is -0.0714. The van der Waals surface area contributed by atoms with Crippen molar-refractivity contribution in [3.05, 3.63) is 5.82 Å². The van der Waals surface area contributed by atoms with Gasteiger partial charge in [0.25, 0.3) is 0 Å². The Kier molecular flexibility index (Phi) is 2.70. The van der Waals surface area contributed by atoms with Crippen molar-refractivity contribution in [3.8, 4) is 0 Å². The van der Waals surface area contributed by atoms with Crippen LogP contribution in [0.15, 0.2) is 0 Å². The van der Waals surface area contributed by atoms with Crippen molar-refractivity contribution < 1.29 is 4.74 Å². The van der Waals surface area contributed by atoms with E-state index >= 15 is 0 Å². The lowest BCUT2D eigenvalue weighted by Crippen LogP contribution is -2.36. The Morgan fingerprint density at radius 3 is 3.07 bits per heavy atom. The minimum atomic E-state index is -0.0965. The van der Waals surface area contributed by atoms with E-state index in [1.54, 1.807) is 0 Å². The van der Waals surface area contributed by atoms with Crippen LogP contribution >= 0.6 is 0 Å². The number of aromatic nitrogens is 4. The van der Waals surface area contributed by atoms with Crippen molar-refractivity contribution in [3.63, 3.8) is 0 Å². The molecule has 1 aliphatic heterocycles. The number of ether oxygens (including phenoxy) is 1. The second-order valence-electron chi connectivity index (χ2n) is 4.50. The summed E-state index contributed by atoms with van der Waals surface area (Å²) in [5, 5.41) is 11.5. The van der Waals surface area contributed by atoms with E-state index in [9.17, 15) is 0 Å². The summed E-state index contributed by atoms with van der Waals surface area (Å²) in [6.07, 6.45) is 1.87. The van der Waals surface area contributed by atoms with Gasteiger partial charge in [-0.15, -0.1) is 5.10 Å². The van der Waals surface area contributed by atoms with Gasteiger partial charge in [0.1, 0.15) is 0 Å². The van der Waals surface area contributed by atoms with Crippen LogP contribution in [0, 0.1) is 0 Å². The average molecular weight is 211 g/mol. The molecular weight excluding hydrogens is 194 g/mol. The first-order valence-electron chi connectivity index (χ1n) is 5.23. The molecule has 0 saturated carbocycles. The molecule has 15 heavy (non-hydrogen) atoms. The molecule has 1 fully saturated rings. The summed E-state index contributed by atoms with van der Waals surface area (Å²) in [5.74, 6) is 0.748. The fourth-order valence-corrected chi connectivity index (χ4v) is 2.04. The highest BCUT2D eigenvalue weighted by Gasteiger charge is 2.31. The van der Waals surface area contributed by atoms with Crippen LogP contribution in [0.5, 0.6) is 0 Å². The van der Waals surface area contributed by atoms with Crippen molar-refractivity contribution in [2.24, 2.45) is 5.73 Å². The van der Waals surface area contributed by atoms with Crippen LogP contribution in [0.25, 0.3) is 0 Å². The molecule has 0 radical (unpaired) electrons. The summed E-state index contributed by atoms with van der Waals surface area (Å²) in [5.41, 5.74) is 5.48. The number of hydrogen-bond donors (Lipinski definition) is 1. The van der Waals surface area contributed by atoms with Crippen molar-refractivity contribution in [2.45, 2.75) is 44.9 Å². The van der Waals surface area contributed by atoms with Gasteiger partial charge in [-0.2, -0.15) is 0 Å². The van der Waals surface area contributed by atoms with Crippen LogP contribution in [0.1, 0.15) is 38.6 Å². The molecule has 6 heteroatoms. The highest BCUT2D eigenvalue weighted by atomic mass is 16.5. The minimum Gasteiger partial charge on any atom is -0.375 e. The van der Waals surface area contributed by atoms with Gasteiger partial charge in [-0.25, -0.2) is 4.68 Å². The average Bonchev–Trinajstić information content (AvgIpc) is 2.63. The second kappa shape index (κ2) is 3.86. The first-order chi connectivity index (χ1) is 7.12. The van der Waals surface area contributed by atoms with Gasteiger partial charge in [0.05, 0.1) is 18.2 Å². The monoisotopic (exact) mass is 211 g/mol. The summed E-state index contributed by atoms with van der Waals surface area (Å²) < 4.78 is 7.49. The quantitative estimate of drug-likeness (QED) is 0.759. The Bertz CT molecular complexity index is 335. The Balaban J connectivity index is 2.17. The van der Waals surface area contributed by atoms with Crippen LogP contribution in [-0.2, 0) is 11.3 Å². The first kappa shape index (κ1) is 10.5. The van der Waals surface area contributed by atoms with Crippen LogP contribution in [0.2, 0.25) is 0 Å². The van der Waals surface area contributed by atoms with Gasteiger partial charge in [-0.1, -0.05) is 0 Å². The zero-order valence-electron chi connectivity index (χ0n) is 9.18. The fourth-order valence-electron chi connectivity index (χ4n) is 2.04. The Labute approximate surface area is 88.8 Å². The number of rotatable bonds is 2. The van der Waals surface area contributed by atoms with Crippen molar-refractivity contribution >= 4 is 0 Å². The van der Waals surface area contributed by atoms with E-state index in [1.807, 2.05) is 4.68 Å². The molecule has 2 rings (SSSR count). The zero-order chi connectivity index (χ0) is 10.9. The standard InChI is InChI=1S/C9H17N5O/c1-9(2)5-7(3-4-15-9)14-8(6-10)11-12-13-14/h7H,3-6,10H2,1-2H3. The van der Waals surface area contributed by atoms with E-state index in [2.05, 4.69) is 29.4 Å². The van der Waals surface area contributed by atoms with Crippen LogP contribution < -0.4 is 5.73 Å². The predicted octanol–water partition coefficient (Wildman–Crippen LogP) is 0.262. The molecule has 0 aliphatic carbocycles. The largest absolute Gasteiger partial charge is 0.375 e. The van der Waals surface area contributed by atoms with Gasteiger partial charge in [0.2, 0.25) is 0 Å². The highest BCUT2D eigenvalue weighted by molar-refractivity contribution is 4.88. The minimum absolute atomic E-state index is 0.0965. The molecule has 1 unspecified atom stereocenters. The summed E-state index contributed by atoms with van der Waals surface area (Å²) in [6.45, 7) is 5.31. The highest BCUT2D eigenvalue weighted by Crippen LogP contribution is 2.31. The van der Waals surface area contributed by atoms with Crippen molar-refractivity contribution in [2.75, 3.05) is 6.61 Å². The van der Waals surface area contributed by atoms with Gasteiger partial charge in [0, 0.05) is 6.61 Å². The molecule has 6 nitrogen and oxygen atoms in total. The topological polar surface area (TPSA) is 78.9 Å². The van der Waals surface area contributed by atoms with Crippen LogP contribution in [0.4, 0.5) is 0 Å². The van der Waals surface area contributed by atoms with E-state index in [1.165, 1.54) is 0 Å². The fraction of sp³-hybridized carbons (Fsp3) is 0.889. The maximum atomic E-state index is 5.65. The molecule has 1 aromatic rings. The molecule has 84 valence electrons. The van der Waals surface area contributed by atoms with Gasteiger partial charge >= 0.3 is 0 Å². The Morgan fingerprint density at radius 2 is 2.40 bits per heavy atom. The third-order valence-electron chi connectivity index (χ3n) is 2.76. The van der Waals surface area contributed by atoms with Gasteiger partial charge in [0.15, 0.2) is 5.82 Å². The summed E-state index contributed by atoms with van der Waals surface area (Å²) in [7, 11) is 0. The van der Waals surface area contributed by atoms with E-state index in [0.29, 0.717) is 12.6 Å². The lowest BCUT2D eigenvalue weighted by Gasteiger charge is -2.35. The molecule has 0 bridgehead atoms. The molecule has 1 saturated heterocycles. The Morgan fingerprint density at radius 1 is 1.60 bits per heavy atom. The zero-order valence-corrected chi connectivity index (χ0v) is 9.18. The molecule has 1 aromatic heterocycles. The second-order valence-corrected chi connectivity index (χ2v) is 4.50. The van der Waals surface area contributed by atoms with Crippen LogP contribution in [0.3, 0.4) is 0 Å². The first-order valence-corrected chi connectivity index (χ1v) is 5.23. The molecule has 2 N–H and O–H groups in total. The van der Waals surface area contributed by atoms with Crippen LogP contribution in [-0.4, -0.2) is 32.4 Å². The Hall–Kier alpha value is -1.01. The predicted molar refractivity (Wildman–Crippen MR) is 54.0 cm³/mol. The van der Waals surface area contributed by atoms with Gasteiger partial charge < -0.3 is 10.5 Å². The van der Waals surface area contributed by atoms with E-state index < -0.39 is 0 Å². The molecule has 0 aromatic carbocycles. The SMILES string of the molecule is CC1(C)CC(n2nnnc2CN)CCO1. The van der Waals surface area contributed by atoms with Gasteiger partial charge in [-0.05, 0) is 37.1 Å². The number of hydrogen-bond acceptors (Lipinski definition) is 5. The van der Waals surface area contributed by atoms with Crippen molar-refractivity contribution in [1.82, 2.24) is 20.2 Å². The third kappa shape index (κ3) is 2.15. The summed E-state index contributed by atoms with van der Waals surface area (Å²) >= 11 is 0. The summed E-state index contributed by atoms with van der Waals surface area (Å²) in [4.78, 5) is 0. The number of nitrogens with zero attached hydrogens (tertiary/aromatic N) is 4. The summed E-state index contributed by atoms with van der Waals surface area (Å²) in [6, 6.07) is 0.308. The normalized spacial score (nSPS) is 25.4.